The standard InChI is InChI=1S/C15H19N3O2/c1-10-3-4-12-13(7-10)17-15(16-12)11-5-6-18(8-11)14(19)9-20-2/h3-4,7,11H,5-6,8-9H2,1-2H3,(H,16,17). The van der Waals surface area contributed by atoms with Crippen LogP contribution in [0.25, 0.3) is 11.0 Å². The Morgan fingerprint density at radius 1 is 1.55 bits per heavy atom. The van der Waals surface area contributed by atoms with Crippen molar-refractivity contribution in [3.8, 4) is 0 Å². The van der Waals surface area contributed by atoms with Crippen molar-refractivity contribution >= 4 is 16.9 Å². The maximum Gasteiger partial charge on any atom is 0.248 e. The first-order chi connectivity index (χ1) is 9.67. The molecule has 5 nitrogen and oxygen atoms in total. The lowest BCUT2D eigenvalue weighted by Crippen LogP contribution is -2.31. The quantitative estimate of drug-likeness (QED) is 0.928. The van der Waals surface area contributed by atoms with Crippen molar-refractivity contribution in [2.45, 2.75) is 19.3 Å². The molecule has 1 aromatic carbocycles. The zero-order chi connectivity index (χ0) is 14.1. The molecule has 0 spiro atoms. The van der Waals surface area contributed by atoms with Gasteiger partial charge in [0.1, 0.15) is 12.4 Å². The van der Waals surface area contributed by atoms with Crippen LogP contribution in [-0.4, -0.2) is 47.6 Å². The van der Waals surface area contributed by atoms with Gasteiger partial charge in [0.2, 0.25) is 5.91 Å². The number of imidazole rings is 1. The van der Waals surface area contributed by atoms with Crippen LogP contribution in [0, 0.1) is 6.92 Å². The molecule has 0 radical (unpaired) electrons. The van der Waals surface area contributed by atoms with Gasteiger partial charge in [-0.05, 0) is 31.0 Å². The summed E-state index contributed by atoms with van der Waals surface area (Å²) in [6.07, 6.45) is 0.953. The van der Waals surface area contributed by atoms with Gasteiger partial charge in [-0.3, -0.25) is 4.79 Å². The van der Waals surface area contributed by atoms with Gasteiger partial charge >= 0.3 is 0 Å². The number of rotatable bonds is 3. The molecule has 2 heterocycles. The fraction of sp³-hybridized carbons (Fsp3) is 0.467. The molecule has 0 bridgehead atoms. The van der Waals surface area contributed by atoms with Crippen LogP contribution in [0.2, 0.25) is 0 Å². The van der Waals surface area contributed by atoms with Crippen molar-refractivity contribution in [2.24, 2.45) is 0 Å². The molecule has 1 saturated heterocycles. The Labute approximate surface area is 117 Å². The molecule has 106 valence electrons. The van der Waals surface area contributed by atoms with Crippen LogP contribution in [0.4, 0.5) is 0 Å². The Morgan fingerprint density at radius 3 is 3.20 bits per heavy atom. The number of ether oxygens (including phenoxy) is 1. The number of hydrogen-bond acceptors (Lipinski definition) is 3. The molecular weight excluding hydrogens is 254 g/mol. The second kappa shape index (κ2) is 5.25. The maximum absolute atomic E-state index is 11.8. The molecule has 1 aromatic heterocycles. The van der Waals surface area contributed by atoms with Gasteiger partial charge in [0, 0.05) is 26.1 Å². The van der Waals surface area contributed by atoms with Crippen molar-refractivity contribution in [3.63, 3.8) is 0 Å². The molecule has 1 unspecified atom stereocenters. The van der Waals surface area contributed by atoms with Gasteiger partial charge < -0.3 is 14.6 Å². The first-order valence-corrected chi connectivity index (χ1v) is 6.90. The van der Waals surface area contributed by atoms with Gasteiger partial charge in [-0.2, -0.15) is 0 Å². The van der Waals surface area contributed by atoms with E-state index in [1.165, 1.54) is 5.56 Å². The Morgan fingerprint density at radius 2 is 2.40 bits per heavy atom. The van der Waals surface area contributed by atoms with E-state index in [0.29, 0.717) is 5.92 Å². The number of carbonyl (C=O) groups is 1. The number of aryl methyl sites for hydroxylation is 1. The minimum absolute atomic E-state index is 0.0574. The average molecular weight is 273 g/mol. The number of methoxy groups -OCH3 is 1. The lowest BCUT2D eigenvalue weighted by Gasteiger charge is -2.15. The van der Waals surface area contributed by atoms with E-state index >= 15 is 0 Å². The SMILES string of the molecule is COCC(=O)N1CCC(c2nc3ccc(C)cc3[nH]2)C1. The number of aromatic amines is 1. The number of aromatic nitrogens is 2. The summed E-state index contributed by atoms with van der Waals surface area (Å²) in [6.45, 7) is 3.73. The van der Waals surface area contributed by atoms with Crippen LogP contribution in [0.15, 0.2) is 18.2 Å². The average Bonchev–Trinajstić information content (AvgIpc) is 3.04. The number of H-pyrrole nitrogens is 1. The van der Waals surface area contributed by atoms with E-state index in [-0.39, 0.29) is 12.5 Å². The van der Waals surface area contributed by atoms with E-state index in [1.807, 2.05) is 11.0 Å². The van der Waals surface area contributed by atoms with E-state index < -0.39 is 0 Å². The van der Waals surface area contributed by atoms with Crippen molar-refractivity contribution in [2.75, 3.05) is 26.8 Å². The Hall–Kier alpha value is -1.88. The monoisotopic (exact) mass is 273 g/mol. The molecule has 1 amide bonds. The van der Waals surface area contributed by atoms with E-state index in [2.05, 4.69) is 29.0 Å². The number of carbonyl (C=O) groups excluding carboxylic acids is 1. The Balaban J connectivity index is 1.77. The van der Waals surface area contributed by atoms with Gasteiger partial charge in [-0.15, -0.1) is 0 Å². The normalized spacial score (nSPS) is 18.9. The molecule has 0 aliphatic carbocycles. The van der Waals surface area contributed by atoms with Gasteiger partial charge in [0.15, 0.2) is 0 Å². The van der Waals surface area contributed by atoms with Crippen molar-refractivity contribution < 1.29 is 9.53 Å². The fourth-order valence-corrected chi connectivity index (χ4v) is 2.76. The second-order valence-corrected chi connectivity index (χ2v) is 5.40. The minimum atomic E-state index is 0.0574. The van der Waals surface area contributed by atoms with E-state index in [4.69, 9.17) is 4.74 Å². The summed E-state index contributed by atoms with van der Waals surface area (Å²) in [7, 11) is 1.55. The number of hydrogen-bond donors (Lipinski definition) is 1. The van der Waals surface area contributed by atoms with Crippen LogP contribution < -0.4 is 0 Å². The summed E-state index contributed by atoms with van der Waals surface area (Å²) in [5.74, 6) is 1.34. The summed E-state index contributed by atoms with van der Waals surface area (Å²) < 4.78 is 4.90. The van der Waals surface area contributed by atoms with Crippen LogP contribution in [0.1, 0.15) is 23.7 Å². The van der Waals surface area contributed by atoms with Gasteiger partial charge in [-0.25, -0.2) is 4.98 Å². The molecule has 1 aliphatic heterocycles. The van der Waals surface area contributed by atoms with Gasteiger partial charge in [0.05, 0.1) is 11.0 Å². The zero-order valence-corrected chi connectivity index (χ0v) is 11.8. The molecule has 1 N–H and O–H groups in total. The maximum atomic E-state index is 11.8. The highest BCUT2D eigenvalue weighted by Crippen LogP contribution is 2.27. The summed E-state index contributed by atoms with van der Waals surface area (Å²) in [4.78, 5) is 21.7. The lowest BCUT2D eigenvalue weighted by atomic mass is 10.1. The summed E-state index contributed by atoms with van der Waals surface area (Å²) in [5.41, 5.74) is 3.28. The highest BCUT2D eigenvalue weighted by Gasteiger charge is 2.29. The number of amides is 1. The first-order valence-electron chi connectivity index (χ1n) is 6.90. The van der Waals surface area contributed by atoms with Gasteiger partial charge in [0.25, 0.3) is 0 Å². The van der Waals surface area contributed by atoms with Crippen molar-refractivity contribution in [1.82, 2.24) is 14.9 Å². The largest absolute Gasteiger partial charge is 0.375 e. The number of nitrogens with one attached hydrogen (secondary N) is 1. The topological polar surface area (TPSA) is 58.2 Å². The van der Waals surface area contributed by atoms with E-state index in [1.54, 1.807) is 7.11 Å². The highest BCUT2D eigenvalue weighted by molar-refractivity contribution is 5.78. The van der Waals surface area contributed by atoms with Crippen LogP contribution in [-0.2, 0) is 9.53 Å². The van der Waals surface area contributed by atoms with E-state index in [0.717, 1.165) is 36.4 Å². The van der Waals surface area contributed by atoms with Crippen LogP contribution in [0.3, 0.4) is 0 Å². The number of benzene rings is 1. The number of likely N-dealkylation sites (tertiary alicyclic amines) is 1. The molecule has 2 aromatic rings. The third-order valence-electron chi connectivity index (χ3n) is 3.85. The Kier molecular flexibility index (Phi) is 3.44. The third-order valence-corrected chi connectivity index (χ3v) is 3.85. The van der Waals surface area contributed by atoms with E-state index in [9.17, 15) is 4.79 Å². The summed E-state index contributed by atoms with van der Waals surface area (Å²) >= 11 is 0. The Bertz CT molecular complexity index is 635. The molecule has 3 rings (SSSR count). The first kappa shape index (κ1) is 13.1. The van der Waals surface area contributed by atoms with Crippen molar-refractivity contribution in [3.05, 3.63) is 29.6 Å². The second-order valence-electron chi connectivity index (χ2n) is 5.40. The van der Waals surface area contributed by atoms with Crippen LogP contribution >= 0.6 is 0 Å². The smallest absolute Gasteiger partial charge is 0.248 e. The number of nitrogens with zero attached hydrogens (tertiary/aromatic N) is 2. The zero-order valence-electron chi connectivity index (χ0n) is 11.8. The highest BCUT2D eigenvalue weighted by atomic mass is 16.5. The van der Waals surface area contributed by atoms with Gasteiger partial charge in [-0.1, -0.05) is 6.07 Å². The third kappa shape index (κ3) is 2.41. The molecule has 20 heavy (non-hydrogen) atoms. The molecule has 1 aliphatic rings. The molecule has 5 heteroatoms. The molecule has 1 atom stereocenters. The van der Waals surface area contributed by atoms with Crippen molar-refractivity contribution in [1.29, 1.82) is 0 Å². The lowest BCUT2D eigenvalue weighted by molar-refractivity contribution is -0.134. The number of fused-ring (bicyclic) bond motifs is 1. The predicted octanol–water partition coefficient (Wildman–Crippen LogP) is 1.83. The summed E-state index contributed by atoms with van der Waals surface area (Å²) in [5, 5.41) is 0. The fourth-order valence-electron chi connectivity index (χ4n) is 2.76. The minimum Gasteiger partial charge on any atom is -0.375 e. The predicted molar refractivity (Wildman–Crippen MR) is 76.6 cm³/mol. The summed E-state index contributed by atoms with van der Waals surface area (Å²) in [6, 6.07) is 6.21. The van der Waals surface area contributed by atoms with Crippen LogP contribution in [0.5, 0.6) is 0 Å². The molecule has 0 saturated carbocycles. The molecule has 1 fully saturated rings. The molecular formula is C15H19N3O2.